The lowest BCUT2D eigenvalue weighted by molar-refractivity contribution is 0.0518. The molecule has 0 aliphatic carbocycles. The Morgan fingerprint density at radius 3 is 2.96 bits per heavy atom. The van der Waals surface area contributed by atoms with E-state index in [9.17, 15) is 4.79 Å². The van der Waals surface area contributed by atoms with Gasteiger partial charge in [-0.15, -0.1) is 23.1 Å². The molecular formula is C21H17N3O2S2. The van der Waals surface area contributed by atoms with Gasteiger partial charge >= 0.3 is 5.97 Å². The highest BCUT2D eigenvalue weighted by Gasteiger charge is 2.30. The van der Waals surface area contributed by atoms with E-state index in [1.807, 2.05) is 42.8 Å². The maximum absolute atomic E-state index is 12.6. The van der Waals surface area contributed by atoms with Crippen molar-refractivity contribution in [2.24, 2.45) is 0 Å². The molecule has 0 saturated carbocycles. The normalized spacial score (nSPS) is 12.6. The summed E-state index contributed by atoms with van der Waals surface area (Å²) in [5.41, 5.74) is 5.30. The van der Waals surface area contributed by atoms with E-state index in [4.69, 9.17) is 9.84 Å². The monoisotopic (exact) mass is 407 g/mol. The molecule has 7 heteroatoms. The number of hydrogen-bond acceptors (Lipinski definition) is 6. The van der Waals surface area contributed by atoms with Crippen LogP contribution in [0.25, 0.3) is 27.2 Å². The van der Waals surface area contributed by atoms with Gasteiger partial charge in [0, 0.05) is 21.8 Å². The number of rotatable bonds is 3. The smallest absolute Gasteiger partial charge is 0.359 e. The molecule has 2 aromatic carbocycles. The molecule has 5 nitrogen and oxygen atoms in total. The van der Waals surface area contributed by atoms with Gasteiger partial charge in [0.2, 0.25) is 0 Å². The maximum Gasteiger partial charge on any atom is 0.359 e. The predicted molar refractivity (Wildman–Crippen MR) is 112 cm³/mol. The van der Waals surface area contributed by atoms with Gasteiger partial charge in [-0.3, -0.25) is 0 Å². The molecule has 0 amide bonds. The number of benzene rings is 2. The number of aryl methyl sites for hydroxylation is 1. The highest BCUT2D eigenvalue weighted by Crippen LogP contribution is 2.44. The number of fused-ring (bicyclic) bond motifs is 4. The number of aromatic nitrogens is 3. The minimum atomic E-state index is -0.368. The van der Waals surface area contributed by atoms with E-state index in [1.165, 1.54) is 4.90 Å². The van der Waals surface area contributed by atoms with Gasteiger partial charge < -0.3 is 4.74 Å². The first kappa shape index (κ1) is 17.5. The van der Waals surface area contributed by atoms with Crippen LogP contribution in [0.3, 0.4) is 0 Å². The number of ether oxygens (including phenoxy) is 1. The lowest BCUT2D eigenvalue weighted by Gasteiger charge is -2.18. The Bertz CT molecular complexity index is 1230. The van der Waals surface area contributed by atoms with Gasteiger partial charge in [0.15, 0.2) is 5.69 Å². The molecule has 0 N–H and O–H groups in total. The molecule has 0 saturated heterocycles. The van der Waals surface area contributed by atoms with E-state index >= 15 is 0 Å². The van der Waals surface area contributed by atoms with Crippen molar-refractivity contribution in [1.82, 2.24) is 14.8 Å². The molecule has 4 aromatic rings. The summed E-state index contributed by atoms with van der Waals surface area (Å²) in [6, 6.07) is 14.4. The largest absolute Gasteiger partial charge is 0.461 e. The number of thioether (sulfide) groups is 1. The molecule has 1 aliphatic rings. The molecule has 0 spiro atoms. The Hall–Kier alpha value is -2.64. The molecule has 28 heavy (non-hydrogen) atoms. The Morgan fingerprint density at radius 1 is 1.25 bits per heavy atom. The summed E-state index contributed by atoms with van der Waals surface area (Å²) in [5.74, 6) is 0.328. The summed E-state index contributed by atoms with van der Waals surface area (Å²) < 4.78 is 8.26. The lowest BCUT2D eigenvalue weighted by atomic mass is 10.1. The first-order valence-electron chi connectivity index (χ1n) is 9.04. The summed E-state index contributed by atoms with van der Waals surface area (Å²) in [7, 11) is 0. The van der Waals surface area contributed by atoms with E-state index in [0.717, 1.165) is 37.7 Å². The van der Waals surface area contributed by atoms with Crippen LogP contribution in [0.1, 0.15) is 28.0 Å². The molecule has 5 rings (SSSR count). The molecule has 3 heterocycles. The lowest BCUT2D eigenvalue weighted by Crippen LogP contribution is -2.08. The molecule has 0 fully saturated rings. The van der Waals surface area contributed by atoms with Crippen molar-refractivity contribution < 1.29 is 9.53 Å². The first-order valence-corrected chi connectivity index (χ1v) is 10.8. The number of carbonyl (C=O) groups is 1. The number of nitrogens with zero attached hydrogens (tertiary/aromatic N) is 3. The van der Waals surface area contributed by atoms with Crippen LogP contribution in [-0.2, 0) is 10.5 Å². The second-order valence-electron chi connectivity index (χ2n) is 6.48. The molecule has 0 radical (unpaired) electrons. The molecule has 2 aromatic heterocycles. The quantitative estimate of drug-likeness (QED) is 0.435. The SMILES string of the molecule is CCOC(=O)c1nn(-c2ccc3nc(C)sc3c2)c2c1CSc1ccccc1-2. The fraction of sp³-hybridized carbons (Fsp3) is 0.190. The van der Waals surface area contributed by atoms with Crippen molar-refractivity contribution in [2.45, 2.75) is 24.5 Å². The van der Waals surface area contributed by atoms with Crippen LogP contribution in [0.5, 0.6) is 0 Å². The van der Waals surface area contributed by atoms with E-state index < -0.39 is 0 Å². The zero-order chi connectivity index (χ0) is 19.3. The third kappa shape index (κ3) is 2.73. The van der Waals surface area contributed by atoms with Crippen molar-refractivity contribution in [1.29, 1.82) is 0 Å². The molecular weight excluding hydrogens is 390 g/mol. The van der Waals surface area contributed by atoms with Crippen molar-refractivity contribution >= 4 is 39.3 Å². The predicted octanol–water partition coefficient (Wildman–Crippen LogP) is 5.24. The van der Waals surface area contributed by atoms with E-state index in [1.54, 1.807) is 23.1 Å². The number of hydrogen-bond donors (Lipinski definition) is 0. The zero-order valence-corrected chi connectivity index (χ0v) is 17.1. The average molecular weight is 408 g/mol. The van der Waals surface area contributed by atoms with Crippen molar-refractivity contribution in [3.8, 4) is 16.9 Å². The van der Waals surface area contributed by atoms with Crippen LogP contribution in [0, 0.1) is 6.92 Å². The third-order valence-corrected chi connectivity index (χ3v) is 6.72. The highest BCUT2D eigenvalue weighted by molar-refractivity contribution is 7.98. The summed E-state index contributed by atoms with van der Waals surface area (Å²) in [4.78, 5) is 18.3. The van der Waals surface area contributed by atoms with Crippen LogP contribution < -0.4 is 0 Å². The number of carbonyl (C=O) groups excluding carboxylic acids is 1. The van der Waals surface area contributed by atoms with Crippen molar-refractivity contribution in [3.05, 3.63) is 58.7 Å². The van der Waals surface area contributed by atoms with Gasteiger partial charge in [-0.2, -0.15) is 5.10 Å². The van der Waals surface area contributed by atoms with E-state index in [2.05, 4.69) is 23.2 Å². The number of thiazole rings is 1. The fourth-order valence-corrected chi connectivity index (χ4v) is 5.44. The Kier molecular flexibility index (Phi) is 4.21. The van der Waals surface area contributed by atoms with Crippen molar-refractivity contribution in [3.63, 3.8) is 0 Å². The molecule has 0 bridgehead atoms. The molecule has 0 unspecified atom stereocenters. The Labute approximate surface area is 170 Å². The Morgan fingerprint density at radius 2 is 2.11 bits per heavy atom. The Balaban J connectivity index is 1.76. The standard InChI is InChI=1S/C21H17N3O2S2/c1-3-26-21(25)19-15-11-27-17-7-5-4-6-14(17)20(15)24(23-19)13-8-9-16-18(10-13)28-12(2)22-16/h4-10H,3,11H2,1-2H3. The summed E-state index contributed by atoms with van der Waals surface area (Å²) in [5, 5.41) is 5.74. The minimum Gasteiger partial charge on any atom is -0.461 e. The third-order valence-electron chi connectivity index (χ3n) is 4.69. The van der Waals surface area contributed by atoms with Crippen molar-refractivity contribution in [2.75, 3.05) is 6.61 Å². The van der Waals surface area contributed by atoms with Crippen LogP contribution >= 0.6 is 23.1 Å². The first-order chi connectivity index (χ1) is 13.7. The van der Waals surface area contributed by atoms with Gasteiger partial charge in [0.25, 0.3) is 0 Å². The van der Waals surface area contributed by atoms with Gasteiger partial charge in [0.05, 0.1) is 33.2 Å². The summed E-state index contributed by atoms with van der Waals surface area (Å²) >= 11 is 3.38. The van der Waals surface area contributed by atoms with Crippen LogP contribution in [0.15, 0.2) is 47.4 Å². The van der Waals surface area contributed by atoms with E-state index in [-0.39, 0.29) is 5.97 Å². The van der Waals surface area contributed by atoms with Gasteiger partial charge in [-0.25, -0.2) is 14.5 Å². The second-order valence-corrected chi connectivity index (χ2v) is 8.73. The molecule has 1 aliphatic heterocycles. The fourth-order valence-electron chi connectivity index (χ4n) is 3.51. The van der Waals surface area contributed by atoms with Crippen LogP contribution in [0.2, 0.25) is 0 Å². The van der Waals surface area contributed by atoms with Crippen LogP contribution in [0.4, 0.5) is 0 Å². The van der Waals surface area contributed by atoms with E-state index in [0.29, 0.717) is 18.1 Å². The second kappa shape index (κ2) is 6.76. The van der Waals surface area contributed by atoms with Gasteiger partial charge in [-0.05, 0) is 38.1 Å². The maximum atomic E-state index is 12.6. The highest BCUT2D eigenvalue weighted by atomic mass is 32.2. The average Bonchev–Trinajstić information content (AvgIpc) is 3.27. The van der Waals surface area contributed by atoms with Gasteiger partial charge in [-0.1, -0.05) is 18.2 Å². The molecule has 140 valence electrons. The van der Waals surface area contributed by atoms with Gasteiger partial charge in [0.1, 0.15) is 0 Å². The summed E-state index contributed by atoms with van der Waals surface area (Å²) in [6.07, 6.45) is 0. The zero-order valence-electron chi connectivity index (χ0n) is 15.4. The molecule has 0 atom stereocenters. The minimum absolute atomic E-state index is 0.330. The topological polar surface area (TPSA) is 57.0 Å². The van der Waals surface area contributed by atoms with Crippen LogP contribution in [-0.4, -0.2) is 27.3 Å². The summed E-state index contributed by atoms with van der Waals surface area (Å²) in [6.45, 7) is 4.15. The number of esters is 1.